The third-order valence-corrected chi connectivity index (χ3v) is 2.45. The average Bonchev–Trinajstić information content (AvgIpc) is 2.14. The molecule has 0 unspecified atom stereocenters. The lowest BCUT2D eigenvalue weighted by atomic mass is 9.97. The van der Waals surface area contributed by atoms with Gasteiger partial charge in [-0.25, -0.2) is 4.39 Å². The lowest BCUT2D eigenvalue weighted by molar-refractivity contribution is -0.140. The Hall–Kier alpha value is -0.810. The van der Waals surface area contributed by atoms with Crippen molar-refractivity contribution in [2.24, 2.45) is 11.7 Å². The van der Waals surface area contributed by atoms with Crippen molar-refractivity contribution in [3.63, 3.8) is 0 Å². The molecule has 0 saturated carbocycles. The predicted octanol–water partition coefficient (Wildman–Crippen LogP) is 4.31. The van der Waals surface area contributed by atoms with E-state index in [9.17, 15) is 17.6 Å². The Morgan fingerprint density at radius 3 is 2.17 bits per heavy atom. The Morgan fingerprint density at radius 2 is 1.78 bits per heavy atom. The van der Waals surface area contributed by atoms with E-state index in [2.05, 4.69) is 0 Å². The highest BCUT2D eigenvalue weighted by Crippen LogP contribution is 2.32. The van der Waals surface area contributed by atoms with Crippen LogP contribution in [0.2, 0.25) is 0 Å². The molecule has 0 aromatic heterocycles. The minimum Gasteiger partial charge on any atom is -0.324 e. The second-order valence-electron chi connectivity index (χ2n) is 4.47. The van der Waals surface area contributed by atoms with Gasteiger partial charge in [0.05, 0.1) is 5.56 Å². The normalized spacial score (nSPS) is 13.3. The fourth-order valence-corrected chi connectivity index (χ4v) is 1.64. The molecule has 1 atom stereocenters. The van der Waals surface area contributed by atoms with E-state index in [4.69, 9.17) is 5.73 Å². The van der Waals surface area contributed by atoms with E-state index in [1.807, 2.05) is 13.8 Å². The first-order chi connectivity index (χ1) is 7.71. The minimum absolute atomic E-state index is 0. The Balaban J connectivity index is 0.00000289. The minimum atomic E-state index is -4.66. The summed E-state index contributed by atoms with van der Waals surface area (Å²) in [6.45, 7) is 3.89. The molecule has 1 nitrogen and oxygen atoms in total. The third-order valence-electron chi connectivity index (χ3n) is 2.45. The molecular weight excluding hydrogens is 270 g/mol. The Kier molecular flexibility index (Phi) is 6.10. The van der Waals surface area contributed by atoms with Gasteiger partial charge in [0, 0.05) is 6.04 Å². The van der Waals surface area contributed by atoms with E-state index in [1.54, 1.807) is 0 Å². The number of alkyl halides is 3. The smallest absolute Gasteiger partial charge is 0.324 e. The molecule has 0 heterocycles. The van der Waals surface area contributed by atoms with Crippen LogP contribution in [0.1, 0.15) is 37.4 Å². The van der Waals surface area contributed by atoms with Crippen LogP contribution in [0.25, 0.3) is 0 Å². The number of halogens is 5. The highest BCUT2D eigenvalue weighted by atomic mass is 35.5. The maximum absolute atomic E-state index is 13.3. The lowest BCUT2D eigenvalue weighted by Gasteiger charge is -2.16. The fourth-order valence-electron chi connectivity index (χ4n) is 1.64. The van der Waals surface area contributed by atoms with E-state index >= 15 is 0 Å². The Labute approximate surface area is 110 Å². The molecule has 0 amide bonds. The maximum Gasteiger partial charge on any atom is 0.419 e. The summed E-state index contributed by atoms with van der Waals surface area (Å²) in [6.07, 6.45) is -4.06. The van der Waals surface area contributed by atoms with Crippen LogP contribution in [-0.2, 0) is 6.18 Å². The zero-order valence-corrected chi connectivity index (χ0v) is 10.9. The summed E-state index contributed by atoms with van der Waals surface area (Å²) in [6, 6.07) is 2.41. The summed E-state index contributed by atoms with van der Waals surface area (Å²) in [4.78, 5) is 0. The second-order valence-corrected chi connectivity index (χ2v) is 4.47. The molecule has 0 aliphatic carbocycles. The SMILES string of the molecule is CC(C)C[C@@H](N)c1ccc(C(F)(F)F)c(F)c1.Cl. The van der Waals surface area contributed by atoms with Gasteiger partial charge in [-0.15, -0.1) is 12.4 Å². The molecule has 2 N–H and O–H groups in total. The predicted molar refractivity (Wildman–Crippen MR) is 65.0 cm³/mol. The van der Waals surface area contributed by atoms with Crippen LogP contribution in [0.5, 0.6) is 0 Å². The van der Waals surface area contributed by atoms with Gasteiger partial charge in [0.2, 0.25) is 0 Å². The van der Waals surface area contributed by atoms with E-state index < -0.39 is 23.6 Å². The van der Waals surface area contributed by atoms with E-state index in [-0.39, 0.29) is 12.4 Å². The van der Waals surface area contributed by atoms with E-state index in [0.29, 0.717) is 17.9 Å². The van der Waals surface area contributed by atoms with Crippen LogP contribution < -0.4 is 5.73 Å². The number of nitrogens with two attached hydrogens (primary N) is 1. The van der Waals surface area contributed by atoms with Crippen molar-refractivity contribution in [1.29, 1.82) is 0 Å². The molecule has 0 fully saturated rings. The quantitative estimate of drug-likeness (QED) is 0.823. The molecule has 0 bridgehead atoms. The Bertz CT molecular complexity index is 390. The molecule has 0 spiro atoms. The van der Waals surface area contributed by atoms with Gasteiger partial charge in [-0.3, -0.25) is 0 Å². The molecule has 1 aromatic rings. The van der Waals surface area contributed by atoms with Crippen LogP contribution >= 0.6 is 12.4 Å². The van der Waals surface area contributed by atoms with Gasteiger partial charge in [-0.05, 0) is 30.0 Å². The topological polar surface area (TPSA) is 26.0 Å². The number of benzene rings is 1. The standard InChI is InChI=1S/C12H15F4N.ClH/c1-7(2)5-11(17)8-3-4-9(10(13)6-8)12(14,15)16;/h3-4,6-7,11H,5,17H2,1-2H3;1H/t11-;/m1./s1. The molecule has 18 heavy (non-hydrogen) atoms. The molecule has 104 valence electrons. The van der Waals surface area contributed by atoms with Crippen LogP contribution in [0.4, 0.5) is 17.6 Å². The molecule has 1 aromatic carbocycles. The Morgan fingerprint density at radius 1 is 1.22 bits per heavy atom. The summed E-state index contributed by atoms with van der Waals surface area (Å²) in [5.41, 5.74) is 4.92. The van der Waals surface area contributed by atoms with Crippen molar-refractivity contribution < 1.29 is 17.6 Å². The number of hydrogen-bond acceptors (Lipinski definition) is 1. The zero-order valence-electron chi connectivity index (χ0n) is 10.1. The number of hydrogen-bond donors (Lipinski definition) is 1. The van der Waals surface area contributed by atoms with Gasteiger partial charge in [-0.2, -0.15) is 13.2 Å². The molecule has 0 aliphatic rings. The largest absolute Gasteiger partial charge is 0.419 e. The van der Waals surface area contributed by atoms with Gasteiger partial charge >= 0.3 is 6.18 Å². The summed E-state index contributed by atoms with van der Waals surface area (Å²) < 4.78 is 50.2. The van der Waals surface area contributed by atoms with Crippen molar-refractivity contribution in [2.75, 3.05) is 0 Å². The van der Waals surface area contributed by atoms with Crippen molar-refractivity contribution in [2.45, 2.75) is 32.5 Å². The molecular formula is C12H16ClF4N. The van der Waals surface area contributed by atoms with Crippen molar-refractivity contribution >= 4 is 12.4 Å². The average molecular weight is 286 g/mol. The van der Waals surface area contributed by atoms with Crippen molar-refractivity contribution in [3.8, 4) is 0 Å². The molecule has 0 radical (unpaired) electrons. The van der Waals surface area contributed by atoms with Crippen LogP contribution in [-0.4, -0.2) is 0 Å². The third kappa shape index (κ3) is 4.46. The van der Waals surface area contributed by atoms with Gasteiger partial charge in [0.1, 0.15) is 5.82 Å². The summed E-state index contributed by atoms with van der Waals surface area (Å²) in [5, 5.41) is 0. The molecule has 6 heteroatoms. The summed E-state index contributed by atoms with van der Waals surface area (Å²) in [7, 11) is 0. The van der Waals surface area contributed by atoms with Gasteiger partial charge < -0.3 is 5.73 Å². The first kappa shape index (κ1) is 17.2. The van der Waals surface area contributed by atoms with E-state index in [1.165, 1.54) is 6.07 Å². The molecule has 0 aliphatic heterocycles. The highest BCUT2D eigenvalue weighted by molar-refractivity contribution is 5.85. The van der Waals surface area contributed by atoms with Crippen LogP contribution in [0.3, 0.4) is 0 Å². The summed E-state index contributed by atoms with van der Waals surface area (Å²) in [5.74, 6) is -0.968. The van der Waals surface area contributed by atoms with Crippen molar-refractivity contribution in [3.05, 3.63) is 35.1 Å². The van der Waals surface area contributed by atoms with Gasteiger partial charge in [0.25, 0.3) is 0 Å². The van der Waals surface area contributed by atoms with Gasteiger partial charge in [0.15, 0.2) is 0 Å². The fraction of sp³-hybridized carbons (Fsp3) is 0.500. The first-order valence-electron chi connectivity index (χ1n) is 5.34. The molecule has 1 rings (SSSR count). The van der Waals surface area contributed by atoms with E-state index in [0.717, 1.165) is 12.1 Å². The number of rotatable bonds is 3. The monoisotopic (exact) mass is 285 g/mol. The second kappa shape index (κ2) is 6.38. The zero-order chi connectivity index (χ0) is 13.2. The first-order valence-corrected chi connectivity index (χ1v) is 5.34. The highest BCUT2D eigenvalue weighted by Gasteiger charge is 2.34. The summed E-state index contributed by atoms with van der Waals surface area (Å²) >= 11 is 0. The van der Waals surface area contributed by atoms with Crippen molar-refractivity contribution in [1.82, 2.24) is 0 Å². The van der Waals surface area contributed by atoms with Crippen LogP contribution in [0.15, 0.2) is 18.2 Å². The molecule has 0 saturated heterocycles. The lowest BCUT2D eigenvalue weighted by Crippen LogP contribution is -2.15. The maximum atomic E-state index is 13.3. The van der Waals surface area contributed by atoms with Crippen LogP contribution in [0, 0.1) is 11.7 Å². The van der Waals surface area contributed by atoms with Gasteiger partial charge in [-0.1, -0.05) is 19.9 Å².